The summed E-state index contributed by atoms with van der Waals surface area (Å²) in [5, 5.41) is 9.19. The standard InChI is InChI=1S/C22H35N5O2/c1-3-26(2)20-11-7-10-19(16-20)25-22(29)27-14-12-18(13-15-27)24-21(28)23-17-8-5-4-6-9-17/h7,10-11,16-18H,3-6,8-9,12-15H2,1-2H3,(H,25,29)(H2,23,24,28). The number of urea groups is 2. The van der Waals surface area contributed by atoms with Crippen LogP contribution in [0.3, 0.4) is 0 Å². The van der Waals surface area contributed by atoms with E-state index in [4.69, 9.17) is 0 Å². The highest BCUT2D eigenvalue weighted by Gasteiger charge is 2.25. The molecule has 0 aromatic heterocycles. The molecule has 1 aromatic carbocycles. The Morgan fingerprint density at radius 2 is 1.69 bits per heavy atom. The molecule has 160 valence electrons. The zero-order chi connectivity index (χ0) is 20.6. The molecule has 2 fully saturated rings. The van der Waals surface area contributed by atoms with Crippen LogP contribution in [0.1, 0.15) is 51.9 Å². The third kappa shape index (κ3) is 6.27. The van der Waals surface area contributed by atoms with Crippen molar-refractivity contribution >= 4 is 23.4 Å². The third-order valence-corrected chi connectivity index (χ3v) is 6.07. The Labute approximate surface area is 174 Å². The van der Waals surface area contributed by atoms with E-state index in [1.165, 1.54) is 19.3 Å². The fourth-order valence-electron chi connectivity index (χ4n) is 4.09. The van der Waals surface area contributed by atoms with Crippen molar-refractivity contribution in [3.8, 4) is 0 Å². The van der Waals surface area contributed by atoms with E-state index >= 15 is 0 Å². The van der Waals surface area contributed by atoms with Gasteiger partial charge in [-0.2, -0.15) is 0 Å². The van der Waals surface area contributed by atoms with Crippen molar-refractivity contribution in [2.75, 3.05) is 36.9 Å². The predicted octanol–water partition coefficient (Wildman–Crippen LogP) is 3.77. The van der Waals surface area contributed by atoms with E-state index in [0.29, 0.717) is 19.1 Å². The number of hydrogen-bond donors (Lipinski definition) is 3. The molecule has 0 radical (unpaired) electrons. The fraction of sp³-hybridized carbons (Fsp3) is 0.636. The van der Waals surface area contributed by atoms with E-state index in [-0.39, 0.29) is 18.1 Å². The van der Waals surface area contributed by atoms with E-state index < -0.39 is 0 Å². The lowest BCUT2D eigenvalue weighted by Crippen LogP contribution is -2.51. The molecule has 3 N–H and O–H groups in total. The van der Waals surface area contributed by atoms with Crippen molar-refractivity contribution in [1.29, 1.82) is 0 Å². The van der Waals surface area contributed by atoms with Crippen molar-refractivity contribution in [2.24, 2.45) is 0 Å². The van der Waals surface area contributed by atoms with Crippen LogP contribution in [0.2, 0.25) is 0 Å². The highest BCUT2D eigenvalue weighted by Crippen LogP contribution is 2.20. The van der Waals surface area contributed by atoms with Crippen LogP contribution < -0.4 is 20.9 Å². The number of piperidine rings is 1. The molecule has 1 aromatic rings. The number of benzene rings is 1. The van der Waals surface area contributed by atoms with Gasteiger partial charge in [-0.3, -0.25) is 0 Å². The molecule has 29 heavy (non-hydrogen) atoms. The minimum atomic E-state index is -0.0774. The van der Waals surface area contributed by atoms with Gasteiger partial charge in [-0.15, -0.1) is 0 Å². The molecule has 1 saturated heterocycles. The summed E-state index contributed by atoms with van der Waals surface area (Å²) in [5.41, 5.74) is 1.89. The summed E-state index contributed by atoms with van der Waals surface area (Å²) in [6.45, 7) is 4.30. The van der Waals surface area contributed by atoms with Crippen molar-refractivity contribution in [2.45, 2.75) is 64.0 Å². The highest BCUT2D eigenvalue weighted by molar-refractivity contribution is 5.90. The van der Waals surface area contributed by atoms with E-state index in [0.717, 1.165) is 43.6 Å². The quantitative estimate of drug-likeness (QED) is 0.703. The molecular weight excluding hydrogens is 366 g/mol. The maximum Gasteiger partial charge on any atom is 0.321 e. The van der Waals surface area contributed by atoms with Gasteiger partial charge in [0, 0.05) is 50.1 Å². The summed E-state index contributed by atoms with van der Waals surface area (Å²) in [5.74, 6) is 0. The van der Waals surface area contributed by atoms with Crippen LogP contribution >= 0.6 is 0 Å². The number of nitrogens with zero attached hydrogens (tertiary/aromatic N) is 2. The Morgan fingerprint density at radius 3 is 2.34 bits per heavy atom. The number of hydrogen-bond acceptors (Lipinski definition) is 3. The second-order valence-corrected chi connectivity index (χ2v) is 8.21. The molecule has 7 nitrogen and oxygen atoms in total. The molecule has 1 aliphatic heterocycles. The lowest BCUT2D eigenvalue weighted by Gasteiger charge is -2.33. The number of likely N-dealkylation sites (tertiary alicyclic amines) is 1. The first-order valence-electron chi connectivity index (χ1n) is 11.0. The maximum absolute atomic E-state index is 12.6. The molecule has 0 spiro atoms. The first kappa shape index (κ1) is 21.3. The summed E-state index contributed by atoms with van der Waals surface area (Å²) < 4.78 is 0. The van der Waals surface area contributed by atoms with Crippen LogP contribution in [0, 0.1) is 0 Å². The van der Waals surface area contributed by atoms with Gasteiger partial charge in [0.15, 0.2) is 0 Å². The Morgan fingerprint density at radius 1 is 1.03 bits per heavy atom. The Hall–Kier alpha value is -2.44. The van der Waals surface area contributed by atoms with Gasteiger partial charge < -0.3 is 25.8 Å². The van der Waals surface area contributed by atoms with Crippen LogP contribution in [-0.4, -0.2) is 55.7 Å². The maximum atomic E-state index is 12.6. The van der Waals surface area contributed by atoms with Crippen LogP contribution in [0.15, 0.2) is 24.3 Å². The molecule has 2 aliphatic rings. The predicted molar refractivity (Wildman–Crippen MR) is 118 cm³/mol. The molecule has 1 heterocycles. The molecule has 4 amide bonds. The number of anilines is 2. The number of amides is 4. The second kappa shape index (κ2) is 10.4. The lowest BCUT2D eigenvalue weighted by atomic mass is 9.96. The zero-order valence-corrected chi connectivity index (χ0v) is 17.7. The van der Waals surface area contributed by atoms with Crippen LogP contribution in [0.25, 0.3) is 0 Å². The number of nitrogens with one attached hydrogen (secondary N) is 3. The third-order valence-electron chi connectivity index (χ3n) is 6.07. The SMILES string of the molecule is CCN(C)c1cccc(NC(=O)N2CCC(NC(=O)NC3CCCCC3)CC2)c1. The molecule has 1 saturated carbocycles. The summed E-state index contributed by atoms with van der Waals surface area (Å²) in [7, 11) is 2.03. The monoisotopic (exact) mass is 401 g/mol. The summed E-state index contributed by atoms with van der Waals surface area (Å²) in [6, 6.07) is 8.21. The average molecular weight is 402 g/mol. The number of carbonyl (C=O) groups is 2. The van der Waals surface area contributed by atoms with Gasteiger partial charge in [0.2, 0.25) is 0 Å². The molecular formula is C22H35N5O2. The Bertz CT molecular complexity index is 682. The first-order chi connectivity index (χ1) is 14.0. The van der Waals surface area contributed by atoms with Gasteiger partial charge >= 0.3 is 12.1 Å². The largest absolute Gasteiger partial charge is 0.375 e. The molecule has 0 unspecified atom stereocenters. The molecule has 7 heteroatoms. The first-order valence-corrected chi connectivity index (χ1v) is 11.0. The van der Waals surface area contributed by atoms with E-state index in [1.807, 2.05) is 36.2 Å². The van der Waals surface area contributed by atoms with E-state index in [9.17, 15) is 9.59 Å². The van der Waals surface area contributed by atoms with Gasteiger partial charge in [0.1, 0.15) is 0 Å². The summed E-state index contributed by atoms with van der Waals surface area (Å²) in [6.07, 6.45) is 7.42. The van der Waals surface area contributed by atoms with Gasteiger partial charge in [0.25, 0.3) is 0 Å². The van der Waals surface area contributed by atoms with Gasteiger partial charge in [0.05, 0.1) is 0 Å². The smallest absolute Gasteiger partial charge is 0.321 e. The Kier molecular flexibility index (Phi) is 7.61. The van der Waals surface area contributed by atoms with Gasteiger partial charge in [-0.05, 0) is 50.8 Å². The van der Waals surface area contributed by atoms with Gasteiger partial charge in [-0.25, -0.2) is 9.59 Å². The summed E-state index contributed by atoms with van der Waals surface area (Å²) in [4.78, 5) is 28.8. The molecule has 0 atom stereocenters. The number of carbonyl (C=O) groups excluding carboxylic acids is 2. The minimum Gasteiger partial charge on any atom is -0.375 e. The van der Waals surface area contributed by atoms with Crippen LogP contribution in [-0.2, 0) is 0 Å². The van der Waals surface area contributed by atoms with Crippen molar-refractivity contribution < 1.29 is 9.59 Å². The van der Waals surface area contributed by atoms with Crippen LogP contribution in [0.4, 0.5) is 21.0 Å². The zero-order valence-electron chi connectivity index (χ0n) is 17.7. The van der Waals surface area contributed by atoms with Crippen molar-refractivity contribution in [1.82, 2.24) is 15.5 Å². The highest BCUT2D eigenvalue weighted by atomic mass is 16.2. The van der Waals surface area contributed by atoms with E-state index in [2.05, 4.69) is 27.8 Å². The topological polar surface area (TPSA) is 76.7 Å². The average Bonchev–Trinajstić information content (AvgIpc) is 2.74. The fourth-order valence-corrected chi connectivity index (χ4v) is 4.09. The van der Waals surface area contributed by atoms with Crippen molar-refractivity contribution in [3.05, 3.63) is 24.3 Å². The number of rotatable bonds is 5. The summed E-state index contributed by atoms with van der Waals surface area (Å²) >= 11 is 0. The lowest BCUT2D eigenvalue weighted by molar-refractivity contribution is 0.186. The van der Waals surface area contributed by atoms with Crippen molar-refractivity contribution in [3.63, 3.8) is 0 Å². The van der Waals surface area contributed by atoms with Crippen LogP contribution in [0.5, 0.6) is 0 Å². The Balaban J connectivity index is 1.41. The van der Waals surface area contributed by atoms with Gasteiger partial charge in [-0.1, -0.05) is 25.3 Å². The second-order valence-electron chi connectivity index (χ2n) is 8.21. The minimum absolute atomic E-state index is 0.0586. The van der Waals surface area contributed by atoms with E-state index in [1.54, 1.807) is 0 Å². The molecule has 3 rings (SSSR count). The molecule has 1 aliphatic carbocycles. The normalized spacial score (nSPS) is 18.2. The molecule has 0 bridgehead atoms.